The summed E-state index contributed by atoms with van der Waals surface area (Å²) in [7, 11) is 1.28. The number of hydrogen-bond acceptors (Lipinski definition) is 10. The number of aliphatic hydroxyl groups is 7. The fraction of sp³-hybridized carbons (Fsp3) is 0.857. The van der Waals surface area contributed by atoms with Crippen LogP contribution in [0.3, 0.4) is 0 Å². The zero-order valence-electron chi connectivity index (χ0n) is 13.1. The molecule has 1 aliphatic carbocycles. The van der Waals surface area contributed by atoms with Gasteiger partial charge in [-0.3, -0.25) is 0 Å². The SMILES string of the molecule is COC1O[C@H](CO)C(NC2C=C(CO)[C@@H](O)C(O)C2O)[C@H](O)C1O. The second-order valence-electron chi connectivity index (χ2n) is 5.99. The smallest absolute Gasteiger partial charge is 0.186 e. The van der Waals surface area contributed by atoms with Crippen LogP contribution < -0.4 is 5.32 Å². The average Bonchev–Trinajstić information content (AvgIpc) is 2.59. The van der Waals surface area contributed by atoms with Gasteiger partial charge in [-0.25, -0.2) is 0 Å². The van der Waals surface area contributed by atoms with Crippen molar-refractivity contribution in [2.24, 2.45) is 0 Å². The van der Waals surface area contributed by atoms with Crippen LogP contribution in [0.15, 0.2) is 11.6 Å². The van der Waals surface area contributed by atoms with Crippen molar-refractivity contribution in [1.29, 1.82) is 0 Å². The van der Waals surface area contributed by atoms with Crippen LogP contribution in [0.1, 0.15) is 0 Å². The molecule has 1 fully saturated rings. The van der Waals surface area contributed by atoms with Gasteiger partial charge in [0.2, 0.25) is 0 Å². The van der Waals surface area contributed by atoms with Gasteiger partial charge >= 0.3 is 0 Å². The first-order valence-corrected chi connectivity index (χ1v) is 7.62. The van der Waals surface area contributed by atoms with E-state index in [2.05, 4.69) is 5.32 Å². The molecule has 140 valence electrons. The van der Waals surface area contributed by atoms with Crippen molar-refractivity contribution >= 4 is 0 Å². The number of methoxy groups -OCH3 is 1. The molecule has 9 atom stereocenters. The number of ether oxygens (including phenoxy) is 2. The summed E-state index contributed by atoms with van der Waals surface area (Å²) in [5.74, 6) is 0. The Morgan fingerprint density at radius 2 is 1.71 bits per heavy atom. The molecule has 1 aliphatic heterocycles. The molecule has 2 rings (SSSR count). The van der Waals surface area contributed by atoms with Crippen LogP contribution in [0.5, 0.6) is 0 Å². The van der Waals surface area contributed by atoms with E-state index in [1.165, 1.54) is 13.2 Å². The van der Waals surface area contributed by atoms with E-state index in [1.54, 1.807) is 0 Å². The zero-order valence-corrected chi connectivity index (χ0v) is 13.1. The Balaban J connectivity index is 2.19. The fourth-order valence-electron chi connectivity index (χ4n) is 3.05. The molecule has 0 saturated carbocycles. The molecule has 0 bridgehead atoms. The molecule has 0 aromatic carbocycles. The Hall–Kier alpha value is -0.660. The lowest BCUT2D eigenvalue weighted by molar-refractivity contribution is -0.273. The highest BCUT2D eigenvalue weighted by Crippen LogP contribution is 2.25. The van der Waals surface area contributed by atoms with Gasteiger partial charge in [-0.1, -0.05) is 6.08 Å². The lowest BCUT2D eigenvalue weighted by atomic mass is 9.86. The molecule has 10 nitrogen and oxygen atoms in total. The number of aliphatic hydroxyl groups excluding tert-OH is 7. The number of hydrogen-bond donors (Lipinski definition) is 8. The lowest BCUT2D eigenvalue weighted by Gasteiger charge is -2.44. The first-order valence-electron chi connectivity index (χ1n) is 7.62. The summed E-state index contributed by atoms with van der Waals surface area (Å²) >= 11 is 0. The highest BCUT2D eigenvalue weighted by atomic mass is 16.7. The molecular weight excluding hydrogens is 326 g/mol. The Morgan fingerprint density at radius 1 is 1.04 bits per heavy atom. The van der Waals surface area contributed by atoms with Crippen molar-refractivity contribution in [3.05, 3.63) is 11.6 Å². The van der Waals surface area contributed by atoms with Crippen LogP contribution in [0.25, 0.3) is 0 Å². The molecule has 0 radical (unpaired) electrons. The van der Waals surface area contributed by atoms with E-state index < -0.39 is 68.2 Å². The van der Waals surface area contributed by atoms with Crippen molar-refractivity contribution in [2.45, 2.75) is 55.0 Å². The molecule has 10 heteroatoms. The molecule has 1 saturated heterocycles. The molecule has 6 unspecified atom stereocenters. The van der Waals surface area contributed by atoms with Crippen molar-refractivity contribution in [3.63, 3.8) is 0 Å². The fourth-order valence-corrected chi connectivity index (χ4v) is 3.05. The van der Waals surface area contributed by atoms with Gasteiger partial charge in [0.25, 0.3) is 0 Å². The minimum absolute atomic E-state index is 0.104. The minimum Gasteiger partial charge on any atom is -0.394 e. The van der Waals surface area contributed by atoms with E-state index >= 15 is 0 Å². The Kier molecular flexibility index (Phi) is 6.67. The molecule has 1 heterocycles. The molecule has 8 N–H and O–H groups in total. The molecule has 0 spiro atoms. The van der Waals surface area contributed by atoms with E-state index in [-0.39, 0.29) is 5.57 Å². The first kappa shape index (κ1) is 19.7. The van der Waals surface area contributed by atoms with Gasteiger partial charge in [-0.05, 0) is 5.57 Å². The normalized spacial score (nSPS) is 46.7. The first-order chi connectivity index (χ1) is 11.3. The second-order valence-corrected chi connectivity index (χ2v) is 5.99. The number of nitrogens with one attached hydrogen (secondary N) is 1. The van der Waals surface area contributed by atoms with Crippen molar-refractivity contribution in [2.75, 3.05) is 20.3 Å². The quantitative estimate of drug-likeness (QED) is 0.225. The third-order valence-corrected chi connectivity index (χ3v) is 4.50. The lowest BCUT2D eigenvalue weighted by Crippen LogP contribution is -2.67. The maximum absolute atomic E-state index is 10.3. The van der Waals surface area contributed by atoms with Crippen molar-refractivity contribution < 1.29 is 45.2 Å². The summed E-state index contributed by atoms with van der Waals surface area (Å²) in [5, 5.41) is 71.4. The summed E-state index contributed by atoms with van der Waals surface area (Å²) in [6.07, 6.45) is -7.90. The highest BCUT2D eigenvalue weighted by molar-refractivity contribution is 5.22. The van der Waals surface area contributed by atoms with Gasteiger partial charge in [0, 0.05) is 7.11 Å². The molecule has 0 amide bonds. The monoisotopic (exact) mass is 351 g/mol. The zero-order chi connectivity index (χ0) is 18.0. The largest absolute Gasteiger partial charge is 0.394 e. The molecule has 0 aromatic rings. The standard InChI is InChI=1S/C14H25NO9/c1-23-14-13(22)11(20)8(7(4-17)24-14)15-6-2-5(3-16)9(18)12(21)10(6)19/h2,6-22H,3-4H2,1H3/t6?,7-,8?,9-,10?,11+,12?,13?,14?/m1/s1. The highest BCUT2D eigenvalue weighted by Gasteiger charge is 2.47. The van der Waals surface area contributed by atoms with Gasteiger partial charge < -0.3 is 50.5 Å². The third-order valence-electron chi connectivity index (χ3n) is 4.50. The van der Waals surface area contributed by atoms with E-state index in [1.807, 2.05) is 0 Å². The second kappa shape index (κ2) is 8.15. The van der Waals surface area contributed by atoms with E-state index in [4.69, 9.17) is 9.47 Å². The summed E-state index contributed by atoms with van der Waals surface area (Å²) in [5.41, 5.74) is 0.104. The summed E-state index contributed by atoms with van der Waals surface area (Å²) in [4.78, 5) is 0. The van der Waals surface area contributed by atoms with Crippen LogP contribution >= 0.6 is 0 Å². The maximum Gasteiger partial charge on any atom is 0.186 e. The van der Waals surface area contributed by atoms with Gasteiger partial charge in [-0.15, -0.1) is 0 Å². The topological polar surface area (TPSA) is 172 Å². The maximum atomic E-state index is 10.3. The molecule has 2 aliphatic rings. The minimum atomic E-state index is -1.54. The Labute approximate surface area is 138 Å². The van der Waals surface area contributed by atoms with Crippen molar-refractivity contribution in [1.82, 2.24) is 5.32 Å². The van der Waals surface area contributed by atoms with Crippen LogP contribution in [-0.4, -0.2) is 111 Å². The summed E-state index contributed by atoms with van der Waals surface area (Å²) in [6, 6.07) is -1.94. The number of rotatable bonds is 5. The van der Waals surface area contributed by atoms with E-state index in [0.717, 1.165) is 0 Å². The molecule has 24 heavy (non-hydrogen) atoms. The molecule has 0 aromatic heterocycles. The van der Waals surface area contributed by atoms with E-state index in [9.17, 15) is 35.7 Å². The van der Waals surface area contributed by atoms with Crippen molar-refractivity contribution in [3.8, 4) is 0 Å². The van der Waals surface area contributed by atoms with Crippen LogP contribution in [0.2, 0.25) is 0 Å². The van der Waals surface area contributed by atoms with Gasteiger partial charge in [0.15, 0.2) is 6.29 Å². The van der Waals surface area contributed by atoms with Gasteiger partial charge in [0.05, 0.1) is 25.3 Å². The predicted octanol–water partition coefficient (Wildman–Crippen LogP) is -4.59. The van der Waals surface area contributed by atoms with Gasteiger partial charge in [-0.2, -0.15) is 0 Å². The van der Waals surface area contributed by atoms with Crippen LogP contribution in [0, 0.1) is 0 Å². The van der Waals surface area contributed by atoms with Crippen LogP contribution in [-0.2, 0) is 9.47 Å². The Bertz CT molecular complexity index is 446. The van der Waals surface area contributed by atoms with Crippen LogP contribution in [0.4, 0.5) is 0 Å². The third kappa shape index (κ3) is 3.63. The average molecular weight is 351 g/mol. The van der Waals surface area contributed by atoms with E-state index in [0.29, 0.717) is 0 Å². The Morgan fingerprint density at radius 3 is 2.25 bits per heavy atom. The predicted molar refractivity (Wildman–Crippen MR) is 78.7 cm³/mol. The summed E-state index contributed by atoms with van der Waals surface area (Å²) in [6.45, 7) is -1.02. The van der Waals surface area contributed by atoms with Gasteiger partial charge in [0.1, 0.15) is 36.6 Å². The molecular formula is C14H25NO9. The summed E-state index contributed by atoms with van der Waals surface area (Å²) < 4.78 is 10.2.